The second-order valence-electron chi connectivity index (χ2n) is 3.46. The van der Waals surface area contributed by atoms with E-state index >= 15 is 0 Å². The Balaban J connectivity index is 1.91. The Morgan fingerprint density at radius 3 is 2.79 bits per heavy atom. The normalized spacial score (nSPS) is 16.1. The fraction of sp³-hybridized carbons (Fsp3) is 0.600. The molecule has 1 aromatic heterocycles. The highest BCUT2D eigenvalue weighted by molar-refractivity contribution is 5.35. The second kappa shape index (κ2) is 4.26. The van der Waals surface area contributed by atoms with Gasteiger partial charge in [-0.1, -0.05) is 0 Å². The molecule has 1 aliphatic carbocycles. The molecule has 0 bridgehead atoms. The third kappa shape index (κ3) is 2.13. The van der Waals surface area contributed by atoms with Gasteiger partial charge in [0.1, 0.15) is 5.82 Å². The van der Waals surface area contributed by atoms with Crippen LogP contribution in [0.5, 0.6) is 5.88 Å². The molecule has 1 fully saturated rings. The average Bonchev–Trinajstić information content (AvgIpc) is 2.14. The first-order chi connectivity index (χ1) is 6.88. The molecular weight excluding hydrogens is 178 g/mol. The van der Waals surface area contributed by atoms with Crippen molar-refractivity contribution in [1.29, 1.82) is 0 Å². The molecule has 0 aliphatic heterocycles. The first kappa shape index (κ1) is 9.24. The van der Waals surface area contributed by atoms with E-state index in [0.717, 1.165) is 5.82 Å². The lowest BCUT2D eigenvalue weighted by atomic mass is 9.93. The van der Waals surface area contributed by atoms with Gasteiger partial charge in [0.05, 0.1) is 6.61 Å². The lowest BCUT2D eigenvalue weighted by molar-refractivity contribution is 0.322. The van der Waals surface area contributed by atoms with E-state index in [2.05, 4.69) is 15.5 Å². The van der Waals surface area contributed by atoms with Crippen molar-refractivity contribution in [3.05, 3.63) is 12.1 Å². The molecule has 4 nitrogen and oxygen atoms in total. The summed E-state index contributed by atoms with van der Waals surface area (Å²) in [5, 5.41) is 11.3. The highest BCUT2D eigenvalue weighted by atomic mass is 16.5. The van der Waals surface area contributed by atoms with Gasteiger partial charge in [-0.05, 0) is 32.3 Å². The maximum atomic E-state index is 5.20. The van der Waals surface area contributed by atoms with E-state index in [1.807, 2.05) is 19.1 Å². The number of nitrogens with one attached hydrogen (secondary N) is 1. The van der Waals surface area contributed by atoms with Crippen LogP contribution < -0.4 is 10.1 Å². The minimum atomic E-state index is 0.589. The molecule has 1 aromatic rings. The van der Waals surface area contributed by atoms with E-state index < -0.39 is 0 Å². The molecule has 0 saturated heterocycles. The minimum absolute atomic E-state index is 0.589. The zero-order valence-corrected chi connectivity index (χ0v) is 8.36. The van der Waals surface area contributed by atoms with Crippen LogP contribution in [0.3, 0.4) is 0 Å². The van der Waals surface area contributed by atoms with E-state index in [-0.39, 0.29) is 0 Å². The Morgan fingerprint density at radius 1 is 1.43 bits per heavy atom. The van der Waals surface area contributed by atoms with Crippen molar-refractivity contribution in [2.24, 2.45) is 0 Å². The van der Waals surface area contributed by atoms with Crippen molar-refractivity contribution in [3.8, 4) is 5.88 Å². The van der Waals surface area contributed by atoms with Gasteiger partial charge in [-0.2, -0.15) is 0 Å². The van der Waals surface area contributed by atoms with Crippen molar-refractivity contribution in [2.45, 2.75) is 32.2 Å². The molecule has 2 rings (SSSR count). The van der Waals surface area contributed by atoms with Crippen molar-refractivity contribution in [3.63, 3.8) is 0 Å². The molecular formula is C10H15N3O. The van der Waals surface area contributed by atoms with Crippen LogP contribution in [0.25, 0.3) is 0 Å². The monoisotopic (exact) mass is 193 g/mol. The summed E-state index contributed by atoms with van der Waals surface area (Å²) in [6, 6.07) is 4.36. The number of ether oxygens (including phenoxy) is 1. The fourth-order valence-corrected chi connectivity index (χ4v) is 1.38. The van der Waals surface area contributed by atoms with E-state index in [1.54, 1.807) is 0 Å². The molecule has 14 heavy (non-hydrogen) atoms. The van der Waals surface area contributed by atoms with Gasteiger partial charge < -0.3 is 10.1 Å². The number of rotatable bonds is 4. The number of aromatic nitrogens is 2. The predicted molar refractivity (Wildman–Crippen MR) is 54.5 cm³/mol. The molecule has 0 radical (unpaired) electrons. The van der Waals surface area contributed by atoms with Gasteiger partial charge in [-0.15, -0.1) is 10.2 Å². The van der Waals surface area contributed by atoms with E-state index in [4.69, 9.17) is 4.74 Å². The molecule has 1 saturated carbocycles. The van der Waals surface area contributed by atoms with Crippen molar-refractivity contribution in [1.82, 2.24) is 10.2 Å². The largest absolute Gasteiger partial charge is 0.477 e. The highest BCUT2D eigenvalue weighted by Crippen LogP contribution is 2.22. The Labute approximate surface area is 83.7 Å². The van der Waals surface area contributed by atoms with Crippen LogP contribution in [0.2, 0.25) is 0 Å². The number of hydrogen-bond donors (Lipinski definition) is 1. The van der Waals surface area contributed by atoms with Crippen LogP contribution in [0.15, 0.2) is 12.1 Å². The first-order valence-electron chi connectivity index (χ1n) is 5.11. The van der Waals surface area contributed by atoms with Crippen LogP contribution in [-0.2, 0) is 0 Å². The number of hydrogen-bond acceptors (Lipinski definition) is 4. The van der Waals surface area contributed by atoms with Gasteiger partial charge in [0.25, 0.3) is 0 Å². The number of nitrogens with zero attached hydrogens (tertiary/aromatic N) is 2. The molecule has 0 amide bonds. The summed E-state index contributed by atoms with van der Waals surface area (Å²) >= 11 is 0. The molecule has 4 heteroatoms. The summed E-state index contributed by atoms with van der Waals surface area (Å²) in [6.45, 7) is 2.56. The van der Waals surface area contributed by atoms with Gasteiger partial charge >= 0.3 is 0 Å². The molecule has 0 aromatic carbocycles. The Morgan fingerprint density at radius 2 is 2.29 bits per heavy atom. The van der Waals surface area contributed by atoms with E-state index in [0.29, 0.717) is 18.5 Å². The Hall–Kier alpha value is -1.32. The lowest BCUT2D eigenvalue weighted by Crippen LogP contribution is -2.27. The smallest absolute Gasteiger partial charge is 0.233 e. The maximum absolute atomic E-state index is 5.20. The van der Waals surface area contributed by atoms with Gasteiger partial charge in [0.15, 0.2) is 0 Å². The molecule has 1 N–H and O–H groups in total. The zero-order chi connectivity index (χ0) is 9.80. The zero-order valence-electron chi connectivity index (χ0n) is 8.36. The van der Waals surface area contributed by atoms with E-state index in [1.165, 1.54) is 19.3 Å². The van der Waals surface area contributed by atoms with Crippen LogP contribution in [0.4, 0.5) is 5.82 Å². The molecule has 1 heterocycles. The van der Waals surface area contributed by atoms with Gasteiger partial charge in [-0.3, -0.25) is 0 Å². The quantitative estimate of drug-likeness (QED) is 0.792. The maximum Gasteiger partial charge on any atom is 0.233 e. The van der Waals surface area contributed by atoms with Gasteiger partial charge in [0.2, 0.25) is 5.88 Å². The lowest BCUT2D eigenvalue weighted by Gasteiger charge is -2.26. The third-order valence-electron chi connectivity index (χ3n) is 2.39. The molecule has 76 valence electrons. The average molecular weight is 193 g/mol. The summed E-state index contributed by atoms with van der Waals surface area (Å²) in [5.74, 6) is 1.44. The molecule has 0 spiro atoms. The molecule has 1 aliphatic rings. The minimum Gasteiger partial charge on any atom is -0.477 e. The first-order valence-corrected chi connectivity index (χ1v) is 5.11. The summed E-state index contributed by atoms with van der Waals surface area (Å²) in [6.07, 6.45) is 3.81. The highest BCUT2D eigenvalue weighted by Gasteiger charge is 2.17. The SMILES string of the molecule is CCOc1ccc(NC2CCC2)nn1. The second-order valence-corrected chi connectivity index (χ2v) is 3.46. The van der Waals surface area contributed by atoms with Gasteiger partial charge in [-0.25, -0.2) is 0 Å². The van der Waals surface area contributed by atoms with Crippen LogP contribution >= 0.6 is 0 Å². The van der Waals surface area contributed by atoms with Gasteiger partial charge in [0, 0.05) is 12.1 Å². The summed E-state index contributed by atoms with van der Waals surface area (Å²) < 4.78 is 5.20. The topological polar surface area (TPSA) is 47.0 Å². The third-order valence-corrected chi connectivity index (χ3v) is 2.39. The van der Waals surface area contributed by atoms with Crippen LogP contribution in [-0.4, -0.2) is 22.8 Å². The van der Waals surface area contributed by atoms with Crippen molar-refractivity contribution < 1.29 is 4.74 Å². The standard InChI is InChI=1S/C10H15N3O/c1-2-14-10-7-6-9(12-13-10)11-8-4-3-5-8/h6-8H,2-5H2,1H3,(H,11,12). The van der Waals surface area contributed by atoms with Crippen LogP contribution in [0.1, 0.15) is 26.2 Å². The van der Waals surface area contributed by atoms with E-state index in [9.17, 15) is 0 Å². The van der Waals surface area contributed by atoms with Crippen molar-refractivity contribution in [2.75, 3.05) is 11.9 Å². The van der Waals surface area contributed by atoms with Crippen LogP contribution in [0, 0.1) is 0 Å². The predicted octanol–water partition coefficient (Wildman–Crippen LogP) is 1.84. The molecule has 0 unspecified atom stereocenters. The Bertz CT molecular complexity index is 282. The summed E-state index contributed by atoms with van der Waals surface area (Å²) in [7, 11) is 0. The summed E-state index contributed by atoms with van der Waals surface area (Å²) in [4.78, 5) is 0. The molecule has 0 atom stereocenters. The number of anilines is 1. The Kier molecular flexibility index (Phi) is 2.81. The summed E-state index contributed by atoms with van der Waals surface area (Å²) in [5.41, 5.74) is 0. The van der Waals surface area contributed by atoms with Crippen molar-refractivity contribution >= 4 is 5.82 Å². The fourth-order valence-electron chi connectivity index (χ4n) is 1.38.